The molecule has 0 aliphatic carbocycles. The van der Waals surface area contributed by atoms with Gasteiger partial charge in [-0.25, -0.2) is 0 Å². The Morgan fingerprint density at radius 1 is 1.25 bits per heavy atom. The van der Waals surface area contributed by atoms with Crippen molar-refractivity contribution in [3.8, 4) is 0 Å². The molecule has 3 nitrogen and oxygen atoms in total. The molecule has 2 aliphatic rings. The molecular weight excluding hydrogens is 154 g/mol. The van der Waals surface area contributed by atoms with Crippen LogP contribution in [0.5, 0.6) is 0 Å². The zero-order valence-electron chi connectivity index (χ0n) is 7.80. The fraction of sp³-hybridized carbons (Fsp3) is 1.00. The molecule has 0 bridgehead atoms. The van der Waals surface area contributed by atoms with Crippen LogP contribution in [-0.4, -0.2) is 31.6 Å². The second-order valence-corrected chi connectivity index (χ2v) is 3.92. The summed E-state index contributed by atoms with van der Waals surface area (Å²) >= 11 is 0. The van der Waals surface area contributed by atoms with Crippen molar-refractivity contribution in [1.29, 1.82) is 0 Å². The summed E-state index contributed by atoms with van der Waals surface area (Å²) in [6, 6.07) is 0.513. The molecule has 2 atom stereocenters. The van der Waals surface area contributed by atoms with E-state index in [4.69, 9.17) is 9.47 Å². The summed E-state index contributed by atoms with van der Waals surface area (Å²) in [5.41, 5.74) is 0. The maximum atomic E-state index is 5.70. The smallest absolute Gasteiger partial charge is 0.173 e. The zero-order valence-corrected chi connectivity index (χ0v) is 7.80. The summed E-state index contributed by atoms with van der Waals surface area (Å²) in [5.74, 6) is 0.209. The monoisotopic (exact) mass is 171 g/mol. The molecule has 0 aromatic rings. The molecule has 2 unspecified atom stereocenters. The van der Waals surface area contributed by atoms with Crippen LogP contribution in [0.15, 0.2) is 0 Å². The van der Waals surface area contributed by atoms with Crippen LogP contribution in [0.1, 0.15) is 20.3 Å². The fourth-order valence-electron chi connectivity index (χ4n) is 2.11. The Labute approximate surface area is 73.4 Å². The first kappa shape index (κ1) is 8.48. The molecular formula is C9H17NO2. The lowest BCUT2D eigenvalue weighted by Gasteiger charge is -2.40. The Kier molecular flexibility index (Phi) is 2.10. The first-order valence-corrected chi connectivity index (χ1v) is 4.74. The van der Waals surface area contributed by atoms with E-state index in [0.29, 0.717) is 12.0 Å². The lowest BCUT2D eigenvalue weighted by Crippen LogP contribution is -2.53. The molecule has 2 heterocycles. The van der Waals surface area contributed by atoms with E-state index in [2.05, 4.69) is 19.2 Å². The van der Waals surface area contributed by atoms with Gasteiger partial charge in [0.05, 0.1) is 13.2 Å². The van der Waals surface area contributed by atoms with Crippen molar-refractivity contribution in [2.24, 2.45) is 5.92 Å². The van der Waals surface area contributed by atoms with Gasteiger partial charge in [-0.3, -0.25) is 0 Å². The summed E-state index contributed by atoms with van der Waals surface area (Å²) < 4.78 is 11.4. The highest BCUT2D eigenvalue weighted by molar-refractivity contribution is 4.89. The summed E-state index contributed by atoms with van der Waals surface area (Å²) in [4.78, 5) is 0. The number of hydrogen-bond acceptors (Lipinski definition) is 3. The zero-order chi connectivity index (χ0) is 8.60. The van der Waals surface area contributed by atoms with Gasteiger partial charge >= 0.3 is 0 Å². The number of nitrogens with one attached hydrogen (secondary N) is 1. The Balaban J connectivity index is 2.09. The highest BCUT2D eigenvalue weighted by Gasteiger charge is 2.45. The molecule has 0 aromatic heterocycles. The lowest BCUT2D eigenvalue weighted by molar-refractivity contribution is -0.209. The van der Waals surface area contributed by atoms with Gasteiger partial charge in [-0.05, 0) is 6.92 Å². The van der Waals surface area contributed by atoms with Crippen LogP contribution in [0, 0.1) is 5.92 Å². The number of hydrogen-bond donors (Lipinski definition) is 1. The largest absolute Gasteiger partial charge is 0.347 e. The molecule has 3 heteroatoms. The van der Waals surface area contributed by atoms with Crippen LogP contribution in [0.3, 0.4) is 0 Å². The van der Waals surface area contributed by atoms with Gasteiger partial charge in [0.1, 0.15) is 0 Å². The minimum atomic E-state index is -0.259. The van der Waals surface area contributed by atoms with E-state index < -0.39 is 0 Å². The van der Waals surface area contributed by atoms with Crippen molar-refractivity contribution >= 4 is 0 Å². The summed E-state index contributed by atoms with van der Waals surface area (Å²) in [6.07, 6.45) is 0.980. The van der Waals surface area contributed by atoms with Crippen molar-refractivity contribution in [1.82, 2.24) is 5.32 Å². The van der Waals surface area contributed by atoms with E-state index in [1.54, 1.807) is 0 Å². The molecule has 70 valence electrons. The third-order valence-electron chi connectivity index (χ3n) is 2.89. The van der Waals surface area contributed by atoms with E-state index in [1.807, 2.05) is 0 Å². The molecule has 2 fully saturated rings. The molecule has 2 rings (SSSR count). The SMILES string of the molecule is CC1CC2(OCCO2)C(C)CN1. The van der Waals surface area contributed by atoms with Gasteiger partial charge in [-0.2, -0.15) is 0 Å². The van der Waals surface area contributed by atoms with Crippen molar-refractivity contribution < 1.29 is 9.47 Å². The van der Waals surface area contributed by atoms with Crippen LogP contribution < -0.4 is 5.32 Å². The molecule has 2 aliphatic heterocycles. The van der Waals surface area contributed by atoms with Gasteiger partial charge in [-0.15, -0.1) is 0 Å². The van der Waals surface area contributed by atoms with Crippen molar-refractivity contribution in [2.45, 2.75) is 32.1 Å². The number of rotatable bonds is 0. The first-order chi connectivity index (χ1) is 5.73. The van der Waals surface area contributed by atoms with Gasteiger partial charge in [0.2, 0.25) is 0 Å². The Morgan fingerprint density at radius 2 is 1.92 bits per heavy atom. The molecule has 0 radical (unpaired) electrons. The van der Waals surface area contributed by atoms with Crippen LogP contribution in [0.25, 0.3) is 0 Å². The Morgan fingerprint density at radius 3 is 2.58 bits per heavy atom. The van der Waals surface area contributed by atoms with Gasteiger partial charge in [0.15, 0.2) is 5.79 Å². The molecule has 0 saturated carbocycles. The van der Waals surface area contributed by atoms with Crippen LogP contribution in [-0.2, 0) is 9.47 Å². The van der Waals surface area contributed by atoms with E-state index in [9.17, 15) is 0 Å². The molecule has 1 spiro atoms. The number of piperidine rings is 1. The Hall–Kier alpha value is -0.120. The van der Waals surface area contributed by atoms with Crippen molar-refractivity contribution in [3.05, 3.63) is 0 Å². The predicted octanol–water partition coefficient (Wildman–Crippen LogP) is 0.747. The maximum Gasteiger partial charge on any atom is 0.173 e. The van der Waals surface area contributed by atoms with E-state index >= 15 is 0 Å². The van der Waals surface area contributed by atoms with E-state index in [1.165, 1.54) is 0 Å². The average molecular weight is 171 g/mol. The average Bonchev–Trinajstić information content (AvgIpc) is 2.48. The first-order valence-electron chi connectivity index (χ1n) is 4.74. The quantitative estimate of drug-likeness (QED) is 0.583. The summed E-state index contributed by atoms with van der Waals surface area (Å²) in [7, 11) is 0. The second-order valence-electron chi connectivity index (χ2n) is 3.92. The molecule has 1 N–H and O–H groups in total. The van der Waals surface area contributed by atoms with Crippen LogP contribution >= 0.6 is 0 Å². The third kappa shape index (κ3) is 1.26. The molecule has 2 saturated heterocycles. The predicted molar refractivity (Wildman–Crippen MR) is 45.9 cm³/mol. The Bertz CT molecular complexity index is 166. The van der Waals surface area contributed by atoms with Gasteiger partial charge < -0.3 is 14.8 Å². The van der Waals surface area contributed by atoms with Crippen molar-refractivity contribution in [3.63, 3.8) is 0 Å². The van der Waals surface area contributed by atoms with E-state index in [0.717, 1.165) is 26.2 Å². The van der Waals surface area contributed by atoms with Gasteiger partial charge in [-0.1, -0.05) is 6.92 Å². The van der Waals surface area contributed by atoms with Gasteiger partial charge in [0, 0.05) is 24.9 Å². The standard InChI is InChI=1S/C9H17NO2/c1-7-6-10-8(2)5-9(7)11-3-4-12-9/h7-8,10H,3-6H2,1-2H3. The maximum absolute atomic E-state index is 5.70. The normalized spacial score (nSPS) is 40.5. The second kappa shape index (κ2) is 2.98. The molecule has 0 amide bonds. The van der Waals surface area contributed by atoms with E-state index in [-0.39, 0.29) is 5.79 Å². The summed E-state index contributed by atoms with van der Waals surface area (Å²) in [5, 5.41) is 3.42. The van der Waals surface area contributed by atoms with Crippen LogP contribution in [0.4, 0.5) is 0 Å². The minimum Gasteiger partial charge on any atom is -0.347 e. The minimum absolute atomic E-state index is 0.259. The van der Waals surface area contributed by atoms with Crippen molar-refractivity contribution in [2.75, 3.05) is 19.8 Å². The summed E-state index contributed by atoms with van der Waals surface area (Å²) in [6.45, 7) is 6.89. The molecule has 12 heavy (non-hydrogen) atoms. The van der Waals surface area contributed by atoms with Gasteiger partial charge in [0.25, 0.3) is 0 Å². The van der Waals surface area contributed by atoms with Crippen LogP contribution in [0.2, 0.25) is 0 Å². The lowest BCUT2D eigenvalue weighted by atomic mass is 9.90. The highest BCUT2D eigenvalue weighted by atomic mass is 16.7. The number of ether oxygens (including phenoxy) is 2. The highest BCUT2D eigenvalue weighted by Crippen LogP contribution is 2.35. The topological polar surface area (TPSA) is 30.5 Å². The third-order valence-corrected chi connectivity index (χ3v) is 2.89. The molecule has 0 aromatic carbocycles. The fourth-order valence-corrected chi connectivity index (χ4v) is 2.11.